The summed E-state index contributed by atoms with van der Waals surface area (Å²) in [4.78, 5) is 2.46. The van der Waals surface area contributed by atoms with Crippen molar-refractivity contribution in [3.05, 3.63) is 63.6 Å². The number of nitrogens with zero attached hydrogens (tertiary/aromatic N) is 1. The number of methoxy groups -OCH3 is 1. The average molecular weight is 318 g/mol. The van der Waals surface area contributed by atoms with E-state index < -0.39 is 0 Å². The first-order chi connectivity index (χ1) is 9.26. The lowest BCUT2D eigenvalue weighted by Gasteiger charge is -2.15. The smallest absolute Gasteiger partial charge is 0.118 e. The molecular formula is C16H16BrNO. The minimum atomic E-state index is 0.913. The summed E-state index contributed by atoms with van der Waals surface area (Å²) in [6.07, 6.45) is 0. The van der Waals surface area contributed by atoms with Crippen LogP contribution in [0.3, 0.4) is 0 Å². The van der Waals surface area contributed by atoms with Gasteiger partial charge in [0.05, 0.1) is 7.11 Å². The highest BCUT2D eigenvalue weighted by Gasteiger charge is 2.20. The summed E-state index contributed by atoms with van der Waals surface area (Å²) in [6.45, 7) is 3.02. The molecule has 98 valence electrons. The summed E-state index contributed by atoms with van der Waals surface area (Å²) in [7, 11) is 1.70. The molecule has 0 bridgehead atoms. The summed E-state index contributed by atoms with van der Waals surface area (Å²) >= 11 is 3.64. The van der Waals surface area contributed by atoms with Crippen LogP contribution in [0, 0.1) is 0 Å². The fraction of sp³-hybridized carbons (Fsp3) is 0.250. The topological polar surface area (TPSA) is 12.5 Å². The molecule has 2 aromatic carbocycles. The predicted octanol–water partition coefficient (Wildman–Crippen LogP) is 3.97. The maximum atomic E-state index is 5.19. The van der Waals surface area contributed by atoms with Gasteiger partial charge < -0.3 is 4.74 Å². The maximum absolute atomic E-state index is 5.19. The molecule has 1 aliphatic heterocycles. The molecule has 3 heteroatoms. The lowest BCUT2D eigenvalue weighted by molar-refractivity contribution is 0.275. The van der Waals surface area contributed by atoms with Gasteiger partial charge in [0.1, 0.15) is 5.75 Å². The number of hydrogen-bond acceptors (Lipinski definition) is 2. The molecule has 0 aromatic heterocycles. The van der Waals surface area contributed by atoms with E-state index in [1.807, 2.05) is 12.1 Å². The molecule has 1 heterocycles. The molecule has 0 amide bonds. The lowest BCUT2D eigenvalue weighted by atomic mass is 10.1. The SMILES string of the molecule is COc1ccc(CN2Cc3cccc(Br)c3C2)cc1. The molecule has 0 atom stereocenters. The van der Waals surface area contributed by atoms with E-state index in [4.69, 9.17) is 4.74 Å². The molecule has 1 aliphatic rings. The van der Waals surface area contributed by atoms with Crippen molar-refractivity contribution < 1.29 is 4.74 Å². The minimum Gasteiger partial charge on any atom is -0.497 e. The van der Waals surface area contributed by atoms with Gasteiger partial charge in [0.2, 0.25) is 0 Å². The van der Waals surface area contributed by atoms with E-state index in [1.165, 1.54) is 21.2 Å². The van der Waals surface area contributed by atoms with E-state index in [1.54, 1.807) is 7.11 Å². The molecule has 0 saturated heterocycles. The van der Waals surface area contributed by atoms with Crippen LogP contribution in [0.5, 0.6) is 5.75 Å². The fourth-order valence-corrected chi connectivity index (χ4v) is 3.08. The molecule has 0 spiro atoms. The first-order valence-electron chi connectivity index (χ1n) is 6.38. The van der Waals surface area contributed by atoms with Crippen LogP contribution in [0.1, 0.15) is 16.7 Å². The number of hydrogen-bond donors (Lipinski definition) is 0. The largest absolute Gasteiger partial charge is 0.497 e. The second-order valence-corrected chi connectivity index (χ2v) is 5.73. The molecule has 0 fully saturated rings. The zero-order valence-electron chi connectivity index (χ0n) is 10.9. The Labute approximate surface area is 122 Å². The first-order valence-corrected chi connectivity index (χ1v) is 7.17. The Balaban J connectivity index is 1.71. The van der Waals surface area contributed by atoms with Crippen LogP contribution in [-0.2, 0) is 19.6 Å². The summed E-state index contributed by atoms with van der Waals surface area (Å²) in [5.41, 5.74) is 4.18. The molecule has 0 aliphatic carbocycles. The molecule has 0 N–H and O–H groups in total. The van der Waals surface area contributed by atoms with Gasteiger partial charge in [0.15, 0.2) is 0 Å². The van der Waals surface area contributed by atoms with Gasteiger partial charge in [-0.05, 0) is 34.9 Å². The second-order valence-electron chi connectivity index (χ2n) is 4.87. The van der Waals surface area contributed by atoms with Crippen LogP contribution >= 0.6 is 15.9 Å². The Bertz CT molecular complexity index is 580. The maximum Gasteiger partial charge on any atom is 0.118 e. The number of fused-ring (bicyclic) bond motifs is 1. The molecule has 2 nitrogen and oxygen atoms in total. The van der Waals surface area contributed by atoms with Crippen molar-refractivity contribution >= 4 is 15.9 Å². The van der Waals surface area contributed by atoms with E-state index in [0.717, 1.165) is 25.4 Å². The van der Waals surface area contributed by atoms with Crippen LogP contribution < -0.4 is 4.74 Å². The first kappa shape index (κ1) is 12.7. The van der Waals surface area contributed by atoms with E-state index in [2.05, 4.69) is 51.2 Å². The third kappa shape index (κ3) is 2.67. The van der Waals surface area contributed by atoms with Gasteiger partial charge in [-0.2, -0.15) is 0 Å². The van der Waals surface area contributed by atoms with Crippen LogP contribution in [0.25, 0.3) is 0 Å². The van der Waals surface area contributed by atoms with Crippen molar-refractivity contribution in [3.63, 3.8) is 0 Å². The van der Waals surface area contributed by atoms with Gasteiger partial charge in [0, 0.05) is 24.1 Å². The third-order valence-corrected chi connectivity index (χ3v) is 4.30. The standard InChI is InChI=1S/C16H16BrNO/c1-19-14-7-5-12(6-8-14)9-18-10-13-3-2-4-16(17)15(13)11-18/h2-8H,9-11H2,1H3. The number of rotatable bonds is 3. The molecule has 3 rings (SSSR count). The number of benzene rings is 2. The number of halogens is 1. The highest BCUT2D eigenvalue weighted by atomic mass is 79.9. The Morgan fingerprint density at radius 1 is 1.11 bits per heavy atom. The molecule has 0 saturated carbocycles. The van der Waals surface area contributed by atoms with Gasteiger partial charge in [-0.1, -0.05) is 40.2 Å². The van der Waals surface area contributed by atoms with E-state index >= 15 is 0 Å². The van der Waals surface area contributed by atoms with Crippen molar-refractivity contribution in [2.45, 2.75) is 19.6 Å². The van der Waals surface area contributed by atoms with Crippen LogP contribution in [-0.4, -0.2) is 12.0 Å². The van der Waals surface area contributed by atoms with Crippen molar-refractivity contribution in [3.8, 4) is 5.75 Å². The highest BCUT2D eigenvalue weighted by Crippen LogP contribution is 2.30. The molecule has 19 heavy (non-hydrogen) atoms. The van der Waals surface area contributed by atoms with Crippen LogP contribution in [0.2, 0.25) is 0 Å². The van der Waals surface area contributed by atoms with E-state index in [9.17, 15) is 0 Å². The quantitative estimate of drug-likeness (QED) is 0.849. The highest BCUT2D eigenvalue weighted by molar-refractivity contribution is 9.10. The Kier molecular flexibility index (Phi) is 3.58. The van der Waals surface area contributed by atoms with E-state index in [0.29, 0.717) is 0 Å². The lowest BCUT2D eigenvalue weighted by Crippen LogP contribution is -2.15. The summed E-state index contributed by atoms with van der Waals surface area (Å²) in [5, 5.41) is 0. The normalized spacial score (nSPS) is 14.4. The van der Waals surface area contributed by atoms with Crippen LogP contribution in [0.4, 0.5) is 0 Å². The average Bonchev–Trinajstić information content (AvgIpc) is 2.84. The van der Waals surface area contributed by atoms with Gasteiger partial charge in [-0.25, -0.2) is 0 Å². The fourth-order valence-electron chi connectivity index (χ4n) is 2.55. The van der Waals surface area contributed by atoms with Crippen molar-refractivity contribution in [1.29, 1.82) is 0 Å². The van der Waals surface area contributed by atoms with Crippen LogP contribution in [0.15, 0.2) is 46.9 Å². The predicted molar refractivity (Wildman–Crippen MR) is 80.1 cm³/mol. The Morgan fingerprint density at radius 3 is 2.58 bits per heavy atom. The van der Waals surface area contributed by atoms with Crippen molar-refractivity contribution in [2.24, 2.45) is 0 Å². The van der Waals surface area contributed by atoms with Gasteiger partial charge >= 0.3 is 0 Å². The van der Waals surface area contributed by atoms with Gasteiger partial charge in [0.25, 0.3) is 0 Å². The monoisotopic (exact) mass is 317 g/mol. The van der Waals surface area contributed by atoms with E-state index in [-0.39, 0.29) is 0 Å². The zero-order chi connectivity index (χ0) is 13.2. The minimum absolute atomic E-state index is 0.913. The molecule has 2 aromatic rings. The molecule has 0 unspecified atom stereocenters. The summed E-state index contributed by atoms with van der Waals surface area (Å²) < 4.78 is 6.41. The summed E-state index contributed by atoms with van der Waals surface area (Å²) in [5.74, 6) is 0.913. The zero-order valence-corrected chi connectivity index (χ0v) is 12.5. The Hall–Kier alpha value is -1.32. The Morgan fingerprint density at radius 2 is 1.89 bits per heavy atom. The van der Waals surface area contributed by atoms with Crippen molar-refractivity contribution in [1.82, 2.24) is 4.90 Å². The molecule has 0 radical (unpaired) electrons. The van der Waals surface area contributed by atoms with Gasteiger partial charge in [-0.3, -0.25) is 4.90 Å². The molecular weight excluding hydrogens is 302 g/mol. The second kappa shape index (κ2) is 5.35. The van der Waals surface area contributed by atoms with Crippen molar-refractivity contribution in [2.75, 3.05) is 7.11 Å². The van der Waals surface area contributed by atoms with Gasteiger partial charge in [-0.15, -0.1) is 0 Å². The summed E-state index contributed by atoms with van der Waals surface area (Å²) in [6, 6.07) is 14.8. The number of ether oxygens (including phenoxy) is 1. The third-order valence-electron chi connectivity index (χ3n) is 3.56.